The zero-order chi connectivity index (χ0) is 23.9. The van der Waals surface area contributed by atoms with Gasteiger partial charge in [0.15, 0.2) is 5.82 Å². The molecule has 3 aromatic rings. The second-order valence-electron chi connectivity index (χ2n) is 8.42. The number of alkyl halides is 3. The van der Waals surface area contributed by atoms with E-state index >= 15 is 0 Å². The number of ether oxygens (including phenoxy) is 1. The van der Waals surface area contributed by atoms with Crippen molar-refractivity contribution in [2.75, 3.05) is 6.61 Å². The third kappa shape index (κ3) is 3.98. The van der Waals surface area contributed by atoms with Gasteiger partial charge in [-0.05, 0) is 37.0 Å². The van der Waals surface area contributed by atoms with E-state index in [-0.39, 0.29) is 36.4 Å². The molecule has 1 amide bonds. The molecule has 4 atom stereocenters. The van der Waals surface area contributed by atoms with Gasteiger partial charge in [-0.15, -0.1) is 0 Å². The highest BCUT2D eigenvalue weighted by molar-refractivity contribution is 6.00. The zero-order valence-electron chi connectivity index (χ0n) is 17.9. The van der Waals surface area contributed by atoms with E-state index in [9.17, 15) is 23.1 Å². The van der Waals surface area contributed by atoms with Gasteiger partial charge < -0.3 is 14.7 Å². The monoisotopic (exact) mass is 470 g/mol. The topological polar surface area (TPSA) is 88.4 Å². The summed E-state index contributed by atoms with van der Waals surface area (Å²) in [7, 11) is 0. The number of aliphatic hydroxyl groups excluding tert-OH is 1. The predicted octanol–water partition coefficient (Wildman–Crippen LogP) is 3.60. The summed E-state index contributed by atoms with van der Waals surface area (Å²) >= 11 is 0. The molecule has 1 saturated heterocycles. The van der Waals surface area contributed by atoms with Crippen LogP contribution in [0.4, 0.5) is 13.2 Å². The summed E-state index contributed by atoms with van der Waals surface area (Å²) < 4.78 is 44.4. The fourth-order valence-corrected chi connectivity index (χ4v) is 4.97. The number of hydrogen-bond acceptors (Lipinski definition) is 6. The maximum Gasteiger partial charge on any atom is 0.417 e. The molecule has 2 fully saturated rings. The minimum Gasteiger partial charge on any atom is -0.472 e. The Morgan fingerprint density at radius 1 is 1.06 bits per heavy atom. The zero-order valence-corrected chi connectivity index (χ0v) is 17.9. The molecule has 0 spiro atoms. The van der Waals surface area contributed by atoms with Crippen LogP contribution < -0.4 is 4.74 Å². The summed E-state index contributed by atoms with van der Waals surface area (Å²) in [4.78, 5) is 27.7. The third-order valence-corrected chi connectivity index (χ3v) is 6.49. The lowest BCUT2D eigenvalue weighted by Crippen LogP contribution is -2.53. The number of aliphatic hydroxyl groups is 1. The Morgan fingerprint density at radius 3 is 2.50 bits per heavy atom. The van der Waals surface area contributed by atoms with Crippen LogP contribution in [0.25, 0.3) is 11.4 Å². The van der Waals surface area contributed by atoms with E-state index in [2.05, 4.69) is 15.0 Å². The van der Waals surface area contributed by atoms with Crippen molar-refractivity contribution in [3.8, 4) is 17.3 Å². The van der Waals surface area contributed by atoms with E-state index in [1.54, 1.807) is 47.6 Å². The highest BCUT2D eigenvalue weighted by Crippen LogP contribution is 2.45. The number of amides is 1. The molecule has 1 aliphatic heterocycles. The number of carbonyl (C=O) groups is 1. The van der Waals surface area contributed by atoms with Gasteiger partial charge in [0.25, 0.3) is 5.91 Å². The van der Waals surface area contributed by atoms with Crippen LogP contribution in [0, 0.1) is 5.92 Å². The Balaban J connectivity index is 1.41. The van der Waals surface area contributed by atoms with E-state index in [1.165, 1.54) is 6.07 Å². The van der Waals surface area contributed by atoms with Gasteiger partial charge >= 0.3 is 6.18 Å². The molecule has 2 aliphatic rings. The summed E-state index contributed by atoms with van der Waals surface area (Å²) in [5, 5.41) is 10.0. The minimum atomic E-state index is -4.48. The van der Waals surface area contributed by atoms with Gasteiger partial charge in [-0.25, -0.2) is 15.0 Å². The second-order valence-corrected chi connectivity index (χ2v) is 8.42. The highest BCUT2D eigenvalue weighted by atomic mass is 19.4. The Morgan fingerprint density at radius 2 is 1.82 bits per heavy atom. The first-order chi connectivity index (χ1) is 16.4. The number of benzene rings is 1. The molecule has 34 heavy (non-hydrogen) atoms. The molecule has 0 radical (unpaired) electrons. The first-order valence-electron chi connectivity index (χ1n) is 10.9. The van der Waals surface area contributed by atoms with E-state index in [0.717, 1.165) is 12.3 Å². The van der Waals surface area contributed by atoms with Crippen molar-refractivity contribution in [3.05, 3.63) is 72.2 Å². The van der Waals surface area contributed by atoms with Crippen molar-refractivity contribution < 1.29 is 27.8 Å². The minimum absolute atomic E-state index is 0.0125. The van der Waals surface area contributed by atoms with Crippen LogP contribution in [0.1, 0.15) is 28.8 Å². The Hall–Kier alpha value is -3.53. The van der Waals surface area contributed by atoms with Crippen molar-refractivity contribution in [2.24, 2.45) is 5.92 Å². The van der Waals surface area contributed by atoms with Gasteiger partial charge in [0, 0.05) is 30.2 Å². The first kappa shape index (κ1) is 22.3. The molecule has 10 heteroatoms. The SMILES string of the molecule is O=C(c1ccccc1-c1ncccn1)N1[C@H](CO)[C@H]2C[C@@H](Oc3ccc(C(F)(F)F)cn3)[C@@H]1C2. The van der Waals surface area contributed by atoms with E-state index < -0.39 is 17.8 Å². The lowest BCUT2D eigenvalue weighted by atomic mass is 9.96. The lowest BCUT2D eigenvalue weighted by molar-refractivity contribution is -0.137. The van der Waals surface area contributed by atoms with Gasteiger partial charge in [0.05, 0.1) is 29.8 Å². The fraction of sp³-hybridized carbons (Fsp3) is 0.333. The fourth-order valence-electron chi connectivity index (χ4n) is 4.97. The van der Waals surface area contributed by atoms with Crippen molar-refractivity contribution in [3.63, 3.8) is 0 Å². The molecular weight excluding hydrogens is 449 g/mol. The van der Waals surface area contributed by atoms with Crippen LogP contribution in [0.3, 0.4) is 0 Å². The molecule has 1 saturated carbocycles. The van der Waals surface area contributed by atoms with E-state index in [0.29, 0.717) is 29.8 Å². The van der Waals surface area contributed by atoms with Gasteiger partial charge in [-0.3, -0.25) is 4.79 Å². The number of halogens is 3. The smallest absolute Gasteiger partial charge is 0.417 e. The number of pyridine rings is 1. The van der Waals surface area contributed by atoms with E-state index in [1.807, 2.05) is 0 Å². The van der Waals surface area contributed by atoms with Crippen LogP contribution >= 0.6 is 0 Å². The summed E-state index contributed by atoms with van der Waals surface area (Å²) in [5.74, 6) is 0.219. The predicted molar refractivity (Wildman–Crippen MR) is 115 cm³/mol. The molecule has 1 aromatic carbocycles. The van der Waals surface area contributed by atoms with Crippen LogP contribution in [-0.4, -0.2) is 55.7 Å². The molecule has 2 aromatic heterocycles. The summed E-state index contributed by atoms with van der Waals surface area (Å²) in [5.41, 5.74) is 0.130. The molecule has 7 nitrogen and oxygen atoms in total. The van der Waals surface area contributed by atoms with Crippen LogP contribution in [0.2, 0.25) is 0 Å². The molecule has 176 valence electrons. The van der Waals surface area contributed by atoms with Crippen molar-refractivity contribution in [1.29, 1.82) is 0 Å². The lowest BCUT2D eigenvalue weighted by Gasteiger charge is -2.38. The Kier molecular flexibility index (Phi) is 5.68. The molecule has 1 aliphatic carbocycles. The van der Waals surface area contributed by atoms with Crippen molar-refractivity contribution in [2.45, 2.75) is 37.2 Å². The Bertz CT molecular complexity index is 1170. The molecular formula is C24H21F3N4O3. The van der Waals surface area contributed by atoms with Gasteiger partial charge in [-0.1, -0.05) is 18.2 Å². The number of aromatic nitrogens is 3. The van der Waals surface area contributed by atoms with Crippen LogP contribution in [0.15, 0.2) is 61.1 Å². The summed E-state index contributed by atoms with van der Waals surface area (Å²) in [6.45, 7) is -0.192. The van der Waals surface area contributed by atoms with Gasteiger partial charge in [-0.2, -0.15) is 13.2 Å². The molecule has 2 bridgehead atoms. The number of carbonyl (C=O) groups excluding carboxylic acids is 1. The second kappa shape index (κ2) is 8.68. The van der Waals surface area contributed by atoms with Gasteiger partial charge in [0.2, 0.25) is 5.88 Å². The van der Waals surface area contributed by atoms with Crippen LogP contribution in [-0.2, 0) is 6.18 Å². The number of piperidine rings is 1. The standard InChI is InChI=1S/C24H21F3N4O3/c25-24(26,27)15-6-7-21(30-12-15)34-20-11-14-10-18(20)31(19(14)13-32)23(33)17-5-2-1-4-16(17)22-28-8-3-9-29-22/h1-9,12,14,18-20,32H,10-11,13H2/t14-,18+,19-,20-/m1/s1. The number of fused-ring (bicyclic) bond motifs is 2. The summed E-state index contributed by atoms with van der Waals surface area (Å²) in [6, 6.07) is 10.1. The first-order valence-corrected chi connectivity index (χ1v) is 10.9. The molecule has 5 rings (SSSR count). The maximum atomic E-state index is 13.7. The molecule has 1 N–H and O–H groups in total. The van der Waals surface area contributed by atoms with E-state index in [4.69, 9.17) is 4.74 Å². The molecule has 0 unspecified atom stereocenters. The number of nitrogens with zero attached hydrogens (tertiary/aromatic N) is 4. The molecule has 3 heterocycles. The van der Waals surface area contributed by atoms with Gasteiger partial charge in [0.1, 0.15) is 6.10 Å². The van der Waals surface area contributed by atoms with Crippen molar-refractivity contribution >= 4 is 5.91 Å². The maximum absolute atomic E-state index is 13.7. The third-order valence-electron chi connectivity index (χ3n) is 6.49. The number of likely N-dealkylation sites (tertiary alicyclic amines) is 1. The van der Waals surface area contributed by atoms with Crippen LogP contribution in [0.5, 0.6) is 5.88 Å². The van der Waals surface area contributed by atoms with Crippen molar-refractivity contribution in [1.82, 2.24) is 19.9 Å². The average molecular weight is 470 g/mol. The quantitative estimate of drug-likeness (QED) is 0.613. The number of hydrogen-bond donors (Lipinski definition) is 1. The highest BCUT2D eigenvalue weighted by Gasteiger charge is 2.54. The Labute approximate surface area is 193 Å². The normalized spacial score (nSPS) is 23.8. The largest absolute Gasteiger partial charge is 0.472 e. The summed E-state index contributed by atoms with van der Waals surface area (Å²) in [6.07, 6.45) is 0.209. The average Bonchev–Trinajstić information content (AvgIpc) is 3.42. The number of rotatable bonds is 5.